The molecule has 1 aromatic heterocycles. The van der Waals surface area contributed by atoms with Crippen molar-refractivity contribution in [3.8, 4) is 11.5 Å². The van der Waals surface area contributed by atoms with Gasteiger partial charge >= 0.3 is 0 Å². The van der Waals surface area contributed by atoms with E-state index in [0.29, 0.717) is 16.9 Å². The van der Waals surface area contributed by atoms with Crippen molar-refractivity contribution in [2.45, 2.75) is 32.5 Å². The molecule has 2 N–H and O–H groups in total. The van der Waals surface area contributed by atoms with Crippen molar-refractivity contribution in [3.63, 3.8) is 0 Å². The van der Waals surface area contributed by atoms with Crippen LogP contribution in [0.4, 0.5) is 0 Å². The van der Waals surface area contributed by atoms with E-state index in [0.717, 1.165) is 5.56 Å². The molecule has 1 amide bonds. The highest BCUT2D eigenvalue weighted by Gasteiger charge is 2.46. The number of aromatic hydroxyl groups is 1. The number of aliphatic hydroxyl groups is 1. The van der Waals surface area contributed by atoms with Crippen LogP contribution in [0.3, 0.4) is 0 Å². The molecule has 7 heteroatoms. The molecule has 2 heterocycles. The summed E-state index contributed by atoms with van der Waals surface area (Å²) in [7, 11) is 0. The molecule has 0 unspecified atom stereocenters. The number of pyridine rings is 1. The Kier molecular flexibility index (Phi) is 6.13. The summed E-state index contributed by atoms with van der Waals surface area (Å²) in [6.07, 6.45) is 3.25. The van der Waals surface area contributed by atoms with Gasteiger partial charge in [-0.3, -0.25) is 14.6 Å². The number of benzene rings is 2. The lowest BCUT2D eigenvalue weighted by Crippen LogP contribution is -2.29. The van der Waals surface area contributed by atoms with E-state index in [1.54, 1.807) is 54.9 Å². The normalized spacial score (nSPS) is 17.5. The zero-order valence-corrected chi connectivity index (χ0v) is 18.3. The fraction of sp³-hybridized carbons (Fsp3) is 0.192. The summed E-state index contributed by atoms with van der Waals surface area (Å²) in [6.45, 7) is 3.96. The maximum Gasteiger partial charge on any atom is 0.295 e. The molecule has 0 spiro atoms. The predicted molar refractivity (Wildman–Crippen MR) is 122 cm³/mol. The first-order valence-corrected chi connectivity index (χ1v) is 10.6. The Hall–Kier alpha value is -4.13. The van der Waals surface area contributed by atoms with Gasteiger partial charge in [0.05, 0.1) is 17.7 Å². The number of ether oxygens (including phenoxy) is 1. The molecule has 0 bridgehead atoms. The first-order valence-electron chi connectivity index (χ1n) is 10.6. The number of Topliss-reactive ketones (excluding diaryl/α,β-unsaturated/α-hetero) is 1. The Morgan fingerprint density at radius 3 is 2.36 bits per heavy atom. The standard InChI is InChI=1S/C26H24N2O5/c1-16(2)33-21-11-7-19(8-12-21)24(30)22-23(18-5-9-20(29)10-6-18)28(26(32)25(22)31)15-17-4-3-13-27-14-17/h3-14,16,23,29-30H,15H2,1-2H3/b24-22+/t23-/m0/s1. The first-order chi connectivity index (χ1) is 15.8. The molecule has 0 radical (unpaired) electrons. The number of aliphatic hydroxyl groups excluding tert-OH is 1. The van der Waals surface area contributed by atoms with Crippen LogP contribution in [0.25, 0.3) is 5.76 Å². The Morgan fingerprint density at radius 1 is 1.06 bits per heavy atom. The summed E-state index contributed by atoms with van der Waals surface area (Å²) in [5.41, 5.74) is 1.73. The topological polar surface area (TPSA) is 100.0 Å². The van der Waals surface area contributed by atoms with Gasteiger partial charge < -0.3 is 19.8 Å². The second kappa shape index (κ2) is 9.16. The van der Waals surface area contributed by atoms with E-state index in [2.05, 4.69) is 4.98 Å². The van der Waals surface area contributed by atoms with Gasteiger partial charge in [-0.25, -0.2) is 0 Å². The fourth-order valence-corrected chi connectivity index (χ4v) is 3.85. The number of hydrogen-bond donors (Lipinski definition) is 2. The van der Waals surface area contributed by atoms with Crippen LogP contribution >= 0.6 is 0 Å². The van der Waals surface area contributed by atoms with Gasteiger partial charge in [-0.1, -0.05) is 18.2 Å². The predicted octanol–water partition coefficient (Wildman–Crippen LogP) is 4.20. The summed E-state index contributed by atoms with van der Waals surface area (Å²) >= 11 is 0. The first kappa shape index (κ1) is 22.1. The molecule has 1 atom stereocenters. The van der Waals surface area contributed by atoms with E-state index in [4.69, 9.17) is 4.74 Å². The molecule has 1 fully saturated rings. The Morgan fingerprint density at radius 2 is 1.76 bits per heavy atom. The van der Waals surface area contributed by atoms with Gasteiger partial charge in [0.15, 0.2) is 0 Å². The van der Waals surface area contributed by atoms with Crippen LogP contribution in [0.2, 0.25) is 0 Å². The van der Waals surface area contributed by atoms with Crippen molar-refractivity contribution >= 4 is 17.4 Å². The van der Waals surface area contributed by atoms with Gasteiger partial charge in [0.2, 0.25) is 0 Å². The number of aromatic nitrogens is 1. The van der Waals surface area contributed by atoms with Crippen LogP contribution in [-0.2, 0) is 16.1 Å². The minimum Gasteiger partial charge on any atom is -0.508 e. The van der Waals surface area contributed by atoms with Gasteiger partial charge in [-0.2, -0.15) is 0 Å². The molecule has 7 nitrogen and oxygen atoms in total. The lowest BCUT2D eigenvalue weighted by molar-refractivity contribution is -0.140. The number of hydrogen-bond acceptors (Lipinski definition) is 6. The van der Waals surface area contributed by atoms with Crippen molar-refractivity contribution in [2.75, 3.05) is 0 Å². The van der Waals surface area contributed by atoms with Gasteiger partial charge in [-0.15, -0.1) is 0 Å². The highest BCUT2D eigenvalue weighted by Crippen LogP contribution is 2.40. The summed E-state index contributed by atoms with van der Waals surface area (Å²) in [5.74, 6) is -1.05. The van der Waals surface area contributed by atoms with E-state index in [1.807, 2.05) is 19.9 Å². The Bertz CT molecular complexity index is 1190. The summed E-state index contributed by atoms with van der Waals surface area (Å²) in [5, 5.41) is 20.8. The number of likely N-dealkylation sites (tertiary alicyclic amines) is 1. The molecular formula is C26H24N2O5. The average molecular weight is 444 g/mol. The molecule has 3 aromatic rings. The third kappa shape index (κ3) is 4.57. The van der Waals surface area contributed by atoms with E-state index < -0.39 is 17.7 Å². The number of ketones is 1. The number of nitrogens with zero attached hydrogens (tertiary/aromatic N) is 2. The van der Waals surface area contributed by atoms with Gasteiger partial charge in [0.1, 0.15) is 17.3 Å². The lowest BCUT2D eigenvalue weighted by atomic mass is 9.95. The smallest absolute Gasteiger partial charge is 0.295 e. The molecule has 0 saturated carbocycles. The molecule has 1 aliphatic rings. The van der Waals surface area contributed by atoms with Gasteiger partial charge in [-0.05, 0) is 67.4 Å². The van der Waals surface area contributed by atoms with Gasteiger partial charge in [0.25, 0.3) is 11.7 Å². The quantitative estimate of drug-likeness (QED) is 0.336. The van der Waals surface area contributed by atoms with Crippen LogP contribution in [0.15, 0.2) is 78.6 Å². The Balaban J connectivity index is 1.79. The van der Waals surface area contributed by atoms with E-state index in [1.165, 1.54) is 17.0 Å². The third-order valence-corrected chi connectivity index (χ3v) is 5.32. The minimum absolute atomic E-state index is 0.00301. The molecule has 0 aliphatic carbocycles. The average Bonchev–Trinajstić information content (AvgIpc) is 3.05. The fourth-order valence-electron chi connectivity index (χ4n) is 3.85. The van der Waals surface area contributed by atoms with Crippen molar-refractivity contribution in [1.82, 2.24) is 9.88 Å². The van der Waals surface area contributed by atoms with Crippen LogP contribution in [0, 0.1) is 0 Å². The zero-order valence-electron chi connectivity index (χ0n) is 18.3. The van der Waals surface area contributed by atoms with Crippen molar-refractivity contribution in [2.24, 2.45) is 0 Å². The molecule has 2 aromatic carbocycles. The molecule has 33 heavy (non-hydrogen) atoms. The molecule has 4 rings (SSSR count). The molecular weight excluding hydrogens is 420 g/mol. The monoisotopic (exact) mass is 444 g/mol. The third-order valence-electron chi connectivity index (χ3n) is 5.32. The minimum atomic E-state index is -0.822. The largest absolute Gasteiger partial charge is 0.508 e. The number of carbonyl (C=O) groups is 2. The summed E-state index contributed by atoms with van der Waals surface area (Å²) < 4.78 is 5.64. The van der Waals surface area contributed by atoms with E-state index in [-0.39, 0.29) is 29.7 Å². The highest BCUT2D eigenvalue weighted by atomic mass is 16.5. The van der Waals surface area contributed by atoms with Crippen LogP contribution in [0.5, 0.6) is 11.5 Å². The number of phenolic OH excluding ortho intramolecular Hbond substituents is 1. The summed E-state index contributed by atoms with van der Waals surface area (Å²) in [4.78, 5) is 31.6. The Labute approximate surface area is 191 Å². The SMILES string of the molecule is CC(C)Oc1ccc(/C(O)=C2\C(=O)C(=O)N(Cc3cccnc3)[C@H]2c2ccc(O)cc2)cc1. The number of phenols is 1. The van der Waals surface area contributed by atoms with E-state index >= 15 is 0 Å². The molecule has 1 saturated heterocycles. The maximum atomic E-state index is 13.1. The highest BCUT2D eigenvalue weighted by molar-refractivity contribution is 6.46. The van der Waals surface area contributed by atoms with Crippen molar-refractivity contribution in [3.05, 3.63) is 95.3 Å². The van der Waals surface area contributed by atoms with Crippen LogP contribution < -0.4 is 4.74 Å². The van der Waals surface area contributed by atoms with E-state index in [9.17, 15) is 19.8 Å². The van der Waals surface area contributed by atoms with Crippen LogP contribution in [0.1, 0.15) is 36.6 Å². The van der Waals surface area contributed by atoms with Crippen LogP contribution in [-0.4, -0.2) is 37.9 Å². The van der Waals surface area contributed by atoms with Gasteiger partial charge in [0, 0.05) is 24.5 Å². The maximum absolute atomic E-state index is 13.1. The second-order valence-electron chi connectivity index (χ2n) is 8.07. The lowest BCUT2D eigenvalue weighted by Gasteiger charge is -2.25. The number of amides is 1. The zero-order chi connectivity index (χ0) is 23.5. The summed E-state index contributed by atoms with van der Waals surface area (Å²) in [6, 6.07) is 15.7. The molecule has 168 valence electrons. The number of carbonyl (C=O) groups excluding carboxylic acids is 2. The van der Waals surface area contributed by atoms with Crippen molar-refractivity contribution < 1.29 is 24.5 Å². The number of rotatable bonds is 6. The van der Waals surface area contributed by atoms with Crippen molar-refractivity contribution in [1.29, 1.82) is 0 Å². The molecule has 1 aliphatic heterocycles. The second-order valence-corrected chi connectivity index (χ2v) is 8.07.